The van der Waals surface area contributed by atoms with Gasteiger partial charge in [-0.15, -0.1) is 0 Å². The molecule has 4 aromatic rings. The highest BCUT2D eigenvalue weighted by Crippen LogP contribution is 2.42. The van der Waals surface area contributed by atoms with Crippen LogP contribution in [0.5, 0.6) is 5.88 Å². The van der Waals surface area contributed by atoms with Crippen LogP contribution >= 0.6 is 11.9 Å². The van der Waals surface area contributed by atoms with Gasteiger partial charge in [-0.2, -0.15) is 18.2 Å². The van der Waals surface area contributed by atoms with Gasteiger partial charge < -0.3 is 14.5 Å². The third-order valence-corrected chi connectivity index (χ3v) is 9.80. The summed E-state index contributed by atoms with van der Waals surface area (Å²) in [4.78, 5) is 37.0. The van der Waals surface area contributed by atoms with Gasteiger partial charge in [0.1, 0.15) is 12.4 Å². The van der Waals surface area contributed by atoms with E-state index in [-0.39, 0.29) is 30.4 Å². The van der Waals surface area contributed by atoms with Crippen molar-refractivity contribution in [3.05, 3.63) is 83.4 Å². The van der Waals surface area contributed by atoms with Crippen LogP contribution in [0.25, 0.3) is 11.3 Å². The predicted molar refractivity (Wildman–Crippen MR) is 184 cm³/mol. The SMILES string of the molecule is Cc1cccc(C)c1-c1cc2nc(n1)NSc1cccc(c1)C(=O)N(Cc1ncc(N3CC(C)(C)C3)cn1)[C@H](CC(C)(C)C(F)(F)F)CO2. The van der Waals surface area contributed by atoms with E-state index in [4.69, 9.17) is 9.72 Å². The summed E-state index contributed by atoms with van der Waals surface area (Å²) in [5.41, 5.74) is 2.72. The molecule has 13 heteroatoms. The minimum atomic E-state index is -4.54. The molecule has 1 fully saturated rings. The van der Waals surface area contributed by atoms with Crippen LogP contribution in [-0.2, 0) is 6.54 Å². The van der Waals surface area contributed by atoms with Gasteiger partial charge in [-0.25, -0.2) is 15.0 Å². The number of amides is 1. The van der Waals surface area contributed by atoms with Gasteiger partial charge >= 0.3 is 6.18 Å². The van der Waals surface area contributed by atoms with Gasteiger partial charge in [0.15, 0.2) is 0 Å². The molecule has 1 atom stereocenters. The first kappa shape index (κ1) is 34.5. The van der Waals surface area contributed by atoms with Gasteiger partial charge in [-0.1, -0.05) is 52.0 Å². The second kappa shape index (κ2) is 13.1. The first-order valence-corrected chi connectivity index (χ1v) is 17.0. The van der Waals surface area contributed by atoms with Crippen LogP contribution in [0.15, 0.2) is 65.8 Å². The zero-order chi connectivity index (χ0) is 35.1. The molecule has 49 heavy (non-hydrogen) atoms. The number of benzene rings is 2. The van der Waals surface area contributed by atoms with Crippen molar-refractivity contribution in [3.63, 3.8) is 0 Å². The zero-order valence-electron chi connectivity index (χ0n) is 28.4. The highest BCUT2D eigenvalue weighted by Gasteiger charge is 2.49. The Hall–Kier alpha value is -4.39. The van der Waals surface area contributed by atoms with Crippen molar-refractivity contribution in [2.75, 3.05) is 29.3 Å². The van der Waals surface area contributed by atoms with Gasteiger partial charge in [0.2, 0.25) is 11.8 Å². The fourth-order valence-corrected chi connectivity index (χ4v) is 6.91. The summed E-state index contributed by atoms with van der Waals surface area (Å²) in [6, 6.07) is 13.5. The largest absolute Gasteiger partial charge is 0.475 e. The Morgan fingerprint density at radius 1 is 1.00 bits per heavy atom. The average Bonchev–Trinajstić information content (AvgIpc) is 3.03. The molecule has 2 aromatic heterocycles. The molecule has 0 radical (unpaired) electrons. The Morgan fingerprint density at radius 3 is 2.33 bits per heavy atom. The molecule has 0 unspecified atom stereocenters. The van der Waals surface area contributed by atoms with E-state index in [2.05, 4.69) is 38.4 Å². The number of aromatic nitrogens is 4. The molecule has 0 spiro atoms. The van der Waals surface area contributed by atoms with E-state index >= 15 is 0 Å². The number of nitrogens with one attached hydrogen (secondary N) is 1. The lowest BCUT2D eigenvalue weighted by atomic mass is 9.84. The summed E-state index contributed by atoms with van der Waals surface area (Å²) in [7, 11) is 0. The number of anilines is 2. The van der Waals surface area contributed by atoms with Crippen LogP contribution in [-0.4, -0.2) is 62.7 Å². The Balaban J connectivity index is 1.41. The lowest BCUT2D eigenvalue weighted by Gasteiger charge is -2.47. The molecule has 2 aromatic carbocycles. The second-order valence-corrected chi connectivity index (χ2v) is 15.2. The van der Waals surface area contributed by atoms with Crippen LogP contribution < -0.4 is 14.4 Å². The monoisotopic (exact) mass is 691 g/mol. The standard InChI is InChI=1S/C36H40F3N7O2S/c1-22-9-7-10-23(2)31(22)28-14-30-43-33(42-28)44-49-27-12-8-11-24(13-27)32(47)46(25(19-48-30)15-35(5,6)36(37,38)39)18-29-40-16-26(17-41-29)45-20-34(3,4)21-45/h7-14,16-17,25H,15,18-21H2,1-6H3,(H,42,43,44)/t25-/m1/s1. The average molecular weight is 692 g/mol. The summed E-state index contributed by atoms with van der Waals surface area (Å²) in [6.07, 6.45) is -1.57. The number of aryl methyl sites for hydroxylation is 2. The van der Waals surface area contributed by atoms with Gasteiger partial charge in [-0.05, 0) is 67.0 Å². The number of halogens is 3. The van der Waals surface area contributed by atoms with Crippen LogP contribution in [0.4, 0.5) is 24.8 Å². The van der Waals surface area contributed by atoms with Gasteiger partial charge in [0, 0.05) is 35.2 Å². The number of fused-ring (bicyclic) bond motifs is 4. The van der Waals surface area contributed by atoms with Crippen molar-refractivity contribution in [3.8, 4) is 17.1 Å². The summed E-state index contributed by atoms with van der Waals surface area (Å²) in [5.74, 6) is 0.283. The van der Waals surface area contributed by atoms with Gasteiger partial charge in [0.25, 0.3) is 5.91 Å². The number of ether oxygens (including phenoxy) is 1. The molecule has 9 nitrogen and oxygen atoms in total. The molecule has 258 valence electrons. The molecule has 2 aliphatic heterocycles. The molecule has 4 heterocycles. The van der Waals surface area contributed by atoms with Gasteiger partial charge in [-0.3, -0.25) is 9.52 Å². The van der Waals surface area contributed by atoms with E-state index in [9.17, 15) is 18.0 Å². The molecule has 1 amide bonds. The molecular weight excluding hydrogens is 652 g/mol. The van der Waals surface area contributed by atoms with Crippen LogP contribution in [0.1, 0.15) is 61.4 Å². The fraction of sp³-hybridized carbons (Fsp3) is 0.417. The number of carbonyl (C=O) groups excluding carboxylic acids is 1. The Kier molecular flexibility index (Phi) is 9.25. The maximum atomic E-state index is 14.4. The molecule has 0 aliphatic carbocycles. The number of carbonyl (C=O) groups is 1. The Labute approximate surface area is 288 Å². The Morgan fingerprint density at radius 2 is 1.67 bits per heavy atom. The summed E-state index contributed by atoms with van der Waals surface area (Å²) in [5, 5.41) is 0. The molecule has 0 saturated carbocycles. The van der Waals surface area contributed by atoms with Crippen molar-refractivity contribution >= 4 is 29.5 Å². The number of hydrogen-bond acceptors (Lipinski definition) is 9. The maximum absolute atomic E-state index is 14.4. The predicted octanol–water partition coefficient (Wildman–Crippen LogP) is 7.90. The fourth-order valence-electron chi connectivity index (χ4n) is 6.28. The first-order chi connectivity index (χ1) is 23.1. The topological polar surface area (TPSA) is 96.4 Å². The Bertz CT molecular complexity index is 1820. The molecule has 6 rings (SSSR count). The van der Waals surface area contributed by atoms with Crippen molar-refractivity contribution in [1.29, 1.82) is 0 Å². The van der Waals surface area contributed by atoms with E-state index in [1.165, 1.54) is 16.8 Å². The van der Waals surface area contributed by atoms with Crippen LogP contribution in [0.2, 0.25) is 0 Å². The van der Waals surface area contributed by atoms with E-state index < -0.39 is 30.0 Å². The highest BCUT2D eigenvalue weighted by molar-refractivity contribution is 8.00. The van der Waals surface area contributed by atoms with Crippen molar-refractivity contribution in [2.24, 2.45) is 10.8 Å². The van der Waals surface area contributed by atoms with Gasteiger partial charge in [0.05, 0.1) is 41.8 Å². The smallest absolute Gasteiger partial charge is 0.394 e. The van der Waals surface area contributed by atoms with E-state index in [1.54, 1.807) is 36.7 Å². The molecular formula is C36H40F3N7O2S. The molecule has 2 aliphatic rings. The molecule has 1 N–H and O–H groups in total. The van der Waals surface area contributed by atoms with Crippen molar-refractivity contribution in [2.45, 2.75) is 71.6 Å². The maximum Gasteiger partial charge on any atom is 0.394 e. The van der Waals surface area contributed by atoms with Crippen LogP contribution in [0, 0.1) is 24.7 Å². The molecule has 4 bridgehead atoms. The third-order valence-electron chi connectivity index (χ3n) is 9.03. The summed E-state index contributed by atoms with van der Waals surface area (Å²) < 4.78 is 52.6. The van der Waals surface area contributed by atoms with Crippen molar-refractivity contribution in [1.82, 2.24) is 24.8 Å². The second-order valence-electron chi connectivity index (χ2n) is 14.3. The lowest BCUT2D eigenvalue weighted by Crippen LogP contribution is -2.53. The first-order valence-electron chi connectivity index (χ1n) is 16.1. The highest BCUT2D eigenvalue weighted by atomic mass is 32.2. The number of alkyl halides is 3. The quantitative estimate of drug-likeness (QED) is 0.203. The summed E-state index contributed by atoms with van der Waals surface area (Å²) >= 11 is 1.22. The number of rotatable bonds is 6. The van der Waals surface area contributed by atoms with Crippen LogP contribution in [0.3, 0.4) is 0 Å². The van der Waals surface area contributed by atoms with E-state index in [0.29, 0.717) is 22.0 Å². The van der Waals surface area contributed by atoms with E-state index in [1.807, 2.05) is 38.1 Å². The zero-order valence-corrected chi connectivity index (χ0v) is 29.2. The minimum absolute atomic E-state index is 0.120. The third kappa shape index (κ3) is 7.61. The summed E-state index contributed by atoms with van der Waals surface area (Å²) in [6.45, 7) is 12.0. The molecule has 1 saturated heterocycles. The van der Waals surface area contributed by atoms with E-state index in [0.717, 1.165) is 49.3 Å². The van der Waals surface area contributed by atoms with Crippen molar-refractivity contribution < 1.29 is 22.7 Å². The minimum Gasteiger partial charge on any atom is -0.475 e. The lowest BCUT2D eigenvalue weighted by molar-refractivity contribution is -0.217. The number of hydrogen-bond donors (Lipinski definition) is 1. The normalized spacial score (nSPS) is 18.0. The number of nitrogens with zero attached hydrogens (tertiary/aromatic N) is 6.